The van der Waals surface area contributed by atoms with Gasteiger partial charge in [0.15, 0.2) is 10.8 Å². The second-order valence-corrected chi connectivity index (χ2v) is 6.13. The van der Waals surface area contributed by atoms with E-state index < -0.39 is 5.97 Å². The molecule has 0 radical (unpaired) electrons. The topological polar surface area (TPSA) is 112 Å². The molecular formula is C13H18N6O3S. The average molecular weight is 338 g/mol. The lowest BCUT2D eigenvalue weighted by molar-refractivity contribution is -0.116. The molecule has 0 aliphatic rings. The van der Waals surface area contributed by atoms with Gasteiger partial charge in [-0.1, -0.05) is 13.8 Å². The fraction of sp³-hybridized carbons (Fsp3) is 0.538. The molecule has 0 bridgehead atoms. The molecule has 124 valence electrons. The zero-order chi connectivity index (χ0) is 16.8. The second kappa shape index (κ2) is 7.77. The molecule has 10 heteroatoms. The monoisotopic (exact) mass is 338 g/mol. The number of carbonyl (C=O) groups excluding carboxylic acids is 2. The number of thiazole rings is 1. The van der Waals surface area contributed by atoms with Gasteiger partial charge in [-0.15, -0.1) is 16.4 Å². The minimum absolute atomic E-state index is 0.118. The summed E-state index contributed by atoms with van der Waals surface area (Å²) in [4.78, 5) is 28.6. The van der Waals surface area contributed by atoms with Gasteiger partial charge in [0, 0.05) is 17.8 Å². The minimum Gasteiger partial charge on any atom is -0.464 e. The number of nitrogens with one attached hydrogen (secondary N) is 1. The number of carbonyl (C=O) groups is 2. The van der Waals surface area contributed by atoms with Crippen molar-refractivity contribution in [2.45, 2.75) is 39.2 Å². The Balaban J connectivity index is 1.93. The molecule has 1 amide bonds. The molecule has 0 spiro atoms. The summed E-state index contributed by atoms with van der Waals surface area (Å²) < 4.78 is 6.28. The van der Waals surface area contributed by atoms with Crippen molar-refractivity contribution in [3.8, 4) is 0 Å². The van der Waals surface area contributed by atoms with Gasteiger partial charge in [-0.2, -0.15) is 0 Å². The number of aryl methyl sites for hydroxylation is 1. The standard InChI is InChI=1S/C13H18N6O3S/c1-8(2)11-10(12(21)22-3)16-13(23-11)15-9(20)5-4-6-19-7-14-17-18-19/h7-8H,4-6H2,1-3H3,(H,15,16,20). The highest BCUT2D eigenvalue weighted by Gasteiger charge is 2.21. The van der Waals surface area contributed by atoms with E-state index in [2.05, 4.69) is 25.8 Å². The Morgan fingerprint density at radius 3 is 2.83 bits per heavy atom. The fourth-order valence-electron chi connectivity index (χ4n) is 1.89. The van der Waals surface area contributed by atoms with Crippen LogP contribution >= 0.6 is 11.3 Å². The van der Waals surface area contributed by atoms with Gasteiger partial charge in [-0.3, -0.25) is 4.79 Å². The maximum atomic E-state index is 11.9. The van der Waals surface area contributed by atoms with Gasteiger partial charge >= 0.3 is 5.97 Å². The number of hydrogen-bond donors (Lipinski definition) is 1. The summed E-state index contributed by atoms with van der Waals surface area (Å²) in [6, 6.07) is 0. The molecule has 0 unspecified atom stereocenters. The summed E-state index contributed by atoms with van der Waals surface area (Å²) in [5.41, 5.74) is 0.261. The van der Waals surface area contributed by atoms with Crippen LogP contribution < -0.4 is 5.32 Å². The number of nitrogens with zero attached hydrogens (tertiary/aromatic N) is 5. The molecule has 1 N–H and O–H groups in total. The van der Waals surface area contributed by atoms with E-state index in [4.69, 9.17) is 4.74 Å². The largest absolute Gasteiger partial charge is 0.464 e. The lowest BCUT2D eigenvalue weighted by Crippen LogP contribution is -2.13. The highest BCUT2D eigenvalue weighted by atomic mass is 32.1. The maximum Gasteiger partial charge on any atom is 0.357 e. The molecule has 2 rings (SSSR count). The normalized spacial score (nSPS) is 10.8. The van der Waals surface area contributed by atoms with Crippen LogP contribution in [0.3, 0.4) is 0 Å². The van der Waals surface area contributed by atoms with Crippen molar-refractivity contribution >= 4 is 28.3 Å². The Labute approximate surface area is 137 Å². The lowest BCUT2D eigenvalue weighted by Gasteiger charge is -2.02. The van der Waals surface area contributed by atoms with E-state index in [-0.39, 0.29) is 17.5 Å². The molecule has 0 fully saturated rings. The van der Waals surface area contributed by atoms with Crippen LogP contribution in [0.5, 0.6) is 0 Å². The summed E-state index contributed by atoms with van der Waals surface area (Å²) in [6.45, 7) is 4.47. The third kappa shape index (κ3) is 4.55. The number of esters is 1. The van der Waals surface area contributed by atoms with Gasteiger partial charge in [-0.25, -0.2) is 14.5 Å². The molecule has 2 aromatic rings. The number of ether oxygens (including phenoxy) is 1. The van der Waals surface area contributed by atoms with E-state index >= 15 is 0 Å². The van der Waals surface area contributed by atoms with Crippen LogP contribution in [0.25, 0.3) is 0 Å². The number of hydrogen-bond acceptors (Lipinski definition) is 8. The van der Waals surface area contributed by atoms with Crippen LogP contribution in [0.15, 0.2) is 6.33 Å². The Kier molecular flexibility index (Phi) is 5.74. The van der Waals surface area contributed by atoms with Crippen molar-refractivity contribution < 1.29 is 14.3 Å². The zero-order valence-electron chi connectivity index (χ0n) is 13.1. The maximum absolute atomic E-state index is 11.9. The quantitative estimate of drug-likeness (QED) is 0.760. The van der Waals surface area contributed by atoms with Crippen molar-refractivity contribution in [2.24, 2.45) is 0 Å². The first-order valence-electron chi connectivity index (χ1n) is 7.11. The Bertz CT molecular complexity index is 667. The van der Waals surface area contributed by atoms with Crippen molar-refractivity contribution in [3.63, 3.8) is 0 Å². The van der Waals surface area contributed by atoms with Gasteiger partial charge < -0.3 is 10.1 Å². The highest BCUT2D eigenvalue weighted by Crippen LogP contribution is 2.30. The number of aromatic nitrogens is 5. The van der Waals surface area contributed by atoms with Crippen molar-refractivity contribution in [3.05, 3.63) is 16.9 Å². The molecule has 2 heterocycles. The fourth-order valence-corrected chi connectivity index (χ4v) is 2.86. The van der Waals surface area contributed by atoms with E-state index in [0.717, 1.165) is 4.88 Å². The minimum atomic E-state index is -0.496. The number of anilines is 1. The molecule has 9 nitrogen and oxygen atoms in total. The van der Waals surface area contributed by atoms with E-state index in [9.17, 15) is 9.59 Å². The molecule has 2 aromatic heterocycles. The summed E-state index contributed by atoms with van der Waals surface area (Å²) >= 11 is 1.29. The lowest BCUT2D eigenvalue weighted by atomic mass is 10.1. The van der Waals surface area contributed by atoms with Crippen LogP contribution in [0.4, 0.5) is 5.13 Å². The zero-order valence-corrected chi connectivity index (χ0v) is 14.0. The van der Waals surface area contributed by atoms with Gasteiger partial charge in [0.25, 0.3) is 0 Å². The third-order valence-electron chi connectivity index (χ3n) is 2.99. The molecule has 0 atom stereocenters. The average Bonchev–Trinajstić information content (AvgIpc) is 3.16. The highest BCUT2D eigenvalue weighted by molar-refractivity contribution is 7.16. The Hall–Kier alpha value is -2.36. The number of methoxy groups -OCH3 is 1. The molecular weight excluding hydrogens is 320 g/mol. The van der Waals surface area contributed by atoms with Crippen LogP contribution in [-0.2, 0) is 16.1 Å². The second-order valence-electron chi connectivity index (χ2n) is 5.10. The molecule has 0 aliphatic carbocycles. The first kappa shape index (κ1) is 17.0. The first-order valence-corrected chi connectivity index (χ1v) is 7.92. The Morgan fingerprint density at radius 1 is 1.43 bits per heavy atom. The van der Waals surface area contributed by atoms with Gasteiger partial charge in [0.1, 0.15) is 6.33 Å². The van der Waals surface area contributed by atoms with Crippen molar-refractivity contribution in [1.82, 2.24) is 25.2 Å². The molecule has 0 saturated carbocycles. The van der Waals surface area contributed by atoms with Crippen LogP contribution in [-0.4, -0.2) is 44.2 Å². The van der Waals surface area contributed by atoms with Crippen LogP contribution in [0.2, 0.25) is 0 Å². The molecule has 0 aromatic carbocycles. The van der Waals surface area contributed by atoms with Crippen LogP contribution in [0, 0.1) is 0 Å². The summed E-state index contributed by atoms with van der Waals surface area (Å²) in [7, 11) is 1.31. The summed E-state index contributed by atoms with van der Waals surface area (Å²) in [5.74, 6) is -0.547. The number of amides is 1. The van der Waals surface area contributed by atoms with E-state index in [1.807, 2.05) is 13.8 Å². The smallest absolute Gasteiger partial charge is 0.357 e. The van der Waals surface area contributed by atoms with Gasteiger partial charge in [0.2, 0.25) is 5.91 Å². The van der Waals surface area contributed by atoms with Gasteiger partial charge in [-0.05, 0) is 22.8 Å². The molecule has 23 heavy (non-hydrogen) atoms. The van der Waals surface area contributed by atoms with Gasteiger partial charge in [0.05, 0.1) is 7.11 Å². The predicted octanol–water partition coefficient (Wildman–Crippen LogP) is 1.46. The summed E-state index contributed by atoms with van der Waals surface area (Å²) in [5, 5.41) is 13.9. The van der Waals surface area contributed by atoms with Crippen LogP contribution in [0.1, 0.15) is 48.0 Å². The summed E-state index contributed by atoms with van der Waals surface area (Å²) in [6.07, 6.45) is 2.41. The van der Waals surface area contributed by atoms with E-state index in [0.29, 0.717) is 24.5 Å². The number of rotatable bonds is 7. The predicted molar refractivity (Wildman–Crippen MR) is 83.2 cm³/mol. The van der Waals surface area contributed by atoms with Crippen molar-refractivity contribution in [1.29, 1.82) is 0 Å². The molecule has 0 saturated heterocycles. The van der Waals surface area contributed by atoms with E-state index in [1.165, 1.54) is 24.8 Å². The van der Waals surface area contributed by atoms with Crippen molar-refractivity contribution in [2.75, 3.05) is 12.4 Å². The Morgan fingerprint density at radius 2 is 2.22 bits per heavy atom. The van der Waals surface area contributed by atoms with E-state index in [1.54, 1.807) is 4.68 Å². The molecule has 0 aliphatic heterocycles. The third-order valence-corrected chi connectivity index (χ3v) is 4.26. The number of tetrazole rings is 1. The first-order chi connectivity index (χ1) is 11.0. The SMILES string of the molecule is COC(=O)c1nc(NC(=O)CCCn2cnnn2)sc1C(C)C.